The van der Waals surface area contributed by atoms with Gasteiger partial charge >= 0.3 is 18.3 Å². The van der Waals surface area contributed by atoms with Crippen molar-refractivity contribution in [1.82, 2.24) is 4.90 Å². The molecule has 0 aliphatic heterocycles. The van der Waals surface area contributed by atoms with Gasteiger partial charge in [-0.2, -0.15) is 26.3 Å². The van der Waals surface area contributed by atoms with E-state index in [9.17, 15) is 31.1 Å². The maximum Gasteiger partial charge on any atom is 0.404 e. The van der Waals surface area contributed by atoms with Gasteiger partial charge in [-0.1, -0.05) is 0 Å². The van der Waals surface area contributed by atoms with Crippen molar-refractivity contribution >= 4 is 5.97 Å². The molecule has 0 aliphatic rings. The number of nitrogens with zero attached hydrogens (tertiary/aromatic N) is 1. The topological polar surface area (TPSA) is 40.5 Å². The SMILES string of the molecule is CN(CC(F)(F)F)C(CC(=O)O)C(F)(F)F. The molecular weight excluding hydrogens is 244 g/mol. The number of alkyl halides is 6. The predicted molar refractivity (Wildman–Crippen MR) is 40.8 cm³/mol. The number of rotatable bonds is 4. The Labute approximate surface area is 86.6 Å². The van der Waals surface area contributed by atoms with Crippen molar-refractivity contribution in [2.24, 2.45) is 0 Å². The van der Waals surface area contributed by atoms with Crippen LogP contribution in [0.25, 0.3) is 0 Å². The lowest BCUT2D eigenvalue weighted by Crippen LogP contribution is -2.48. The molecule has 0 spiro atoms. The molecule has 0 saturated carbocycles. The van der Waals surface area contributed by atoms with Crippen molar-refractivity contribution < 1.29 is 36.2 Å². The van der Waals surface area contributed by atoms with Crippen molar-refractivity contribution in [3.63, 3.8) is 0 Å². The van der Waals surface area contributed by atoms with Gasteiger partial charge in [-0.3, -0.25) is 9.69 Å². The van der Waals surface area contributed by atoms with E-state index < -0.39 is 37.3 Å². The standard InChI is InChI=1S/C7H9F6NO2/c1-14(3-6(8,9)10)4(2-5(15)16)7(11,12)13/h4H,2-3H2,1H3,(H,15,16). The summed E-state index contributed by atoms with van der Waals surface area (Å²) in [7, 11) is 0.578. The molecule has 0 bridgehead atoms. The number of carbonyl (C=O) groups is 1. The van der Waals surface area contributed by atoms with Crippen LogP contribution in [0.4, 0.5) is 26.3 Å². The van der Waals surface area contributed by atoms with Crippen LogP contribution >= 0.6 is 0 Å². The zero-order valence-corrected chi connectivity index (χ0v) is 8.06. The minimum atomic E-state index is -5.02. The van der Waals surface area contributed by atoms with E-state index in [1.54, 1.807) is 0 Å². The van der Waals surface area contributed by atoms with E-state index in [-0.39, 0.29) is 4.90 Å². The van der Waals surface area contributed by atoms with Gasteiger partial charge in [0, 0.05) is 0 Å². The van der Waals surface area contributed by atoms with E-state index in [4.69, 9.17) is 5.11 Å². The first kappa shape index (κ1) is 15.0. The van der Waals surface area contributed by atoms with E-state index >= 15 is 0 Å². The largest absolute Gasteiger partial charge is 0.481 e. The Hall–Kier alpha value is -0.990. The molecule has 0 aromatic carbocycles. The van der Waals surface area contributed by atoms with Crippen molar-refractivity contribution in [2.45, 2.75) is 24.8 Å². The fourth-order valence-electron chi connectivity index (χ4n) is 1.08. The molecule has 96 valence electrons. The summed E-state index contributed by atoms with van der Waals surface area (Å²) in [6, 6.07) is -2.65. The zero-order valence-electron chi connectivity index (χ0n) is 8.06. The summed E-state index contributed by atoms with van der Waals surface area (Å²) in [5, 5.41) is 8.19. The van der Waals surface area contributed by atoms with Crippen LogP contribution in [0.1, 0.15) is 6.42 Å². The van der Waals surface area contributed by atoms with Crippen molar-refractivity contribution in [3.05, 3.63) is 0 Å². The lowest BCUT2D eigenvalue weighted by atomic mass is 10.1. The zero-order chi connectivity index (χ0) is 13.1. The maximum atomic E-state index is 12.2. The third-order valence-corrected chi connectivity index (χ3v) is 1.71. The smallest absolute Gasteiger partial charge is 0.404 e. The second-order valence-corrected chi connectivity index (χ2v) is 3.19. The first-order valence-corrected chi connectivity index (χ1v) is 3.99. The molecule has 9 heteroatoms. The van der Waals surface area contributed by atoms with Crippen LogP contribution in [0.5, 0.6) is 0 Å². The quantitative estimate of drug-likeness (QED) is 0.778. The Morgan fingerprint density at radius 1 is 1.25 bits per heavy atom. The molecule has 1 unspecified atom stereocenters. The molecule has 0 rings (SSSR count). The highest BCUT2D eigenvalue weighted by Crippen LogP contribution is 2.28. The summed E-state index contributed by atoms with van der Waals surface area (Å²) in [6.45, 7) is -1.82. The molecular formula is C7H9F6NO2. The van der Waals surface area contributed by atoms with Gasteiger partial charge in [-0.05, 0) is 7.05 Å². The summed E-state index contributed by atoms with van der Waals surface area (Å²) in [6.07, 6.45) is -11.2. The third kappa shape index (κ3) is 5.79. The minimum absolute atomic E-state index is 0.0753. The van der Waals surface area contributed by atoms with Crippen LogP contribution in [0, 0.1) is 0 Å². The summed E-state index contributed by atoms with van der Waals surface area (Å²) in [5.41, 5.74) is 0. The fourth-order valence-corrected chi connectivity index (χ4v) is 1.08. The molecule has 0 radical (unpaired) electrons. The monoisotopic (exact) mass is 253 g/mol. The van der Waals surface area contributed by atoms with Gasteiger partial charge in [0.25, 0.3) is 0 Å². The Bertz CT molecular complexity index is 248. The van der Waals surface area contributed by atoms with Crippen molar-refractivity contribution in [3.8, 4) is 0 Å². The highest BCUT2D eigenvalue weighted by molar-refractivity contribution is 5.67. The van der Waals surface area contributed by atoms with Gasteiger partial charge in [0.05, 0.1) is 13.0 Å². The molecule has 0 saturated heterocycles. The second kappa shape index (κ2) is 4.89. The van der Waals surface area contributed by atoms with Gasteiger partial charge in [-0.15, -0.1) is 0 Å². The van der Waals surface area contributed by atoms with E-state index in [2.05, 4.69) is 0 Å². The molecule has 0 aromatic rings. The highest BCUT2D eigenvalue weighted by Gasteiger charge is 2.46. The predicted octanol–water partition coefficient (Wildman–Crippen LogP) is 1.89. The van der Waals surface area contributed by atoms with Crippen LogP contribution in [-0.4, -0.2) is 48.0 Å². The number of carboxylic acids is 1. The Morgan fingerprint density at radius 3 is 1.94 bits per heavy atom. The van der Waals surface area contributed by atoms with E-state index in [0.717, 1.165) is 0 Å². The number of aliphatic carboxylic acids is 1. The maximum absolute atomic E-state index is 12.2. The highest BCUT2D eigenvalue weighted by atomic mass is 19.4. The van der Waals surface area contributed by atoms with Crippen LogP contribution in [0.2, 0.25) is 0 Å². The number of carboxylic acid groups (broad SMARTS) is 1. The molecule has 16 heavy (non-hydrogen) atoms. The summed E-state index contributed by atoms with van der Waals surface area (Å²) >= 11 is 0. The number of halogens is 6. The van der Waals surface area contributed by atoms with Gasteiger partial charge < -0.3 is 5.11 Å². The number of hydrogen-bond acceptors (Lipinski definition) is 2. The molecule has 3 nitrogen and oxygen atoms in total. The summed E-state index contributed by atoms with van der Waals surface area (Å²) < 4.78 is 72.2. The van der Waals surface area contributed by atoms with E-state index in [1.165, 1.54) is 0 Å². The molecule has 0 aromatic heterocycles. The van der Waals surface area contributed by atoms with Crippen LogP contribution in [-0.2, 0) is 4.79 Å². The summed E-state index contributed by atoms with van der Waals surface area (Å²) in [4.78, 5) is 10.0. The fraction of sp³-hybridized carbons (Fsp3) is 0.857. The van der Waals surface area contributed by atoms with E-state index in [1.807, 2.05) is 0 Å². The second-order valence-electron chi connectivity index (χ2n) is 3.19. The first-order valence-electron chi connectivity index (χ1n) is 3.99. The minimum Gasteiger partial charge on any atom is -0.481 e. The molecule has 0 amide bonds. The number of hydrogen-bond donors (Lipinski definition) is 1. The van der Waals surface area contributed by atoms with Gasteiger partial charge in [0.15, 0.2) is 0 Å². The van der Waals surface area contributed by atoms with Gasteiger partial charge in [0.1, 0.15) is 6.04 Å². The Kier molecular flexibility index (Phi) is 4.59. The first-order chi connectivity index (χ1) is 6.93. The Balaban J connectivity index is 4.70. The van der Waals surface area contributed by atoms with Gasteiger partial charge in [-0.25, -0.2) is 0 Å². The third-order valence-electron chi connectivity index (χ3n) is 1.71. The molecule has 1 N–H and O–H groups in total. The van der Waals surface area contributed by atoms with E-state index in [0.29, 0.717) is 7.05 Å². The van der Waals surface area contributed by atoms with Crippen molar-refractivity contribution in [1.29, 1.82) is 0 Å². The lowest BCUT2D eigenvalue weighted by Gasteiger charge is -2.29. The van der Waals surface area contributed by atoms with Crippen LogP contribution < -0.4 is 0 Å². The summed E-state index contributed by atoms with van der Waals surface area (Å²) in [5.74, 6) is -1.81. The van der Waals surface area contributed by atoms with Crippen LogP contribution in [0.15, 0.2) is 0 Å². The normalized spacial score (nSPS) is 15.2. The molecule has 1 atom stereocenters. The molecule has 0 aliphatic carbocycles. The lowest BCUT2D eigenvalue weighted by molar-refractivity contribution is -0.208. The van der Waals surface area contributed by atoms with Crippen LogP contribution in [0.3, 0.4) is 0 Å². The molecule has 0 fully saturated rings. The Morgan fingerprint density at radius 2 is 1.69 bits per heavy atom. The molecule has 0 heterocycles. The van der Waals surface area contributed by atoms with Gasteiger partial charge in [0.2, 0.25) is 0 Å². The van der Waals surface area contributed by atoms with Crippen molar-refractivity contribution in [2.75, 3.05) is 13.6 Å². The average Bonchev–Trinajstić information content (AvgIpc) is 1.93. The average molecular weight is 253 g/mol.